The van der Waals surface area contributed by atoms with Crippen LogP contribution in [0.15, 0.2) is 12.2 Å². The lowest BCUT2D eigenvalue weighted by atomic mass is 10.3. The van der Waals surface area contributed by atoms with Crippen molar-refractivity contribution in [3.63, 3.8) is 0 Å². The molecule has 0 spiro atoms. The summed E-state index contributed by atoms with van der Waals surface area (Å²) in [5, 5.41) is 3.20. The summed E-state index contributed by atoms with van der Waals surface area (Å²) < 4.78 is 0. The highest BCUT2D eigenvalue weighted by Gasteiger charge is 1.88. The number of allylic oxidation sites excluding steroid dienone is 1. The molecular weight excluding hydrogens is 110 g/mol. The zero-order chi connectivity index (χ0) is 7.11. The second-order valence-corrected chi connectivity index (χ2v) is 1.87. The molecule has 0 radical (unpaired) electrons. The molecule has 0 heterocycles. The molecule has 0 aromatic carbocycles. The van der Waals surface area contributed by atoms with Gasteiger partial charge in [0.15, 0.2) is 0 Å². The molecule has 0 aromatic heterocycles. The van der Waals surface area contributed by atoms with Crippen LogP contribution in [0.3, 0.4) is 0 Å². The van der Waals surface area contributed by atoms with Gasteiger partial charge in [0.25, 0.3) is 0 Å². The molecule has 1 unspecified atom stereocenters. The van der Waals surface area contributed by atoms with E-state index in [0.717, 1.165) is 6.54 Å². The highest BCUT2D eigenvalue weighted by Crippen LogP contribution is 1.81. The van der Waals surface area contributed by atoms with Crippen molar-refractivity contribution in [2.45, 2.75) is 19.9 Å². The van der Waals surface area contributed by atoms with E-state index in [1.807, 2.05) is 6.08 Å². The normalized spacial score (nSPS) is 13.4. The molecule has 1 N–H and O–H groups in total. The maximum Gasteiger partial charge on any atom is 0.0230 e. The van der Waals surface area contributed by atoms with Crippen molar-refractivity contribution < 1.29 is 0 Å². The fourth-order valence-corrected chi connectivity index (χ4v) is 0.590. The van der Waals surface area contributed by atoms with Crippen molar-refractivity contribution in [2.75, 3.05) is 6.54 Å². The van der Waals surface area contributed by atoms with Crippen LogP contribution >= 0.6 is 0 Å². The third-order valence-corrected chi connectivity index (χ3v) is 1.01. The van der Waals surface area contributed by atoms with Gasteiger partial charge in [0.2, 0.25) is 0 Å². The molecule has 0 amide bonds. The van der Waals surface area contributed by atoms with Gasteiger partial charge in [0, 0.05) is 6.04 Å². The Hall–Kier alpha value is -0.740. The first kappa shape index (κ1) is 8.26. The molecule has 0 bridgehead atoms. The van der Waals surface area contributed by atoms with Gasteiger partial charge in [-0.1, -0.05) is 18.9 Å². The molecular formula is C8H13N. The van der Waals surface area contributed by atoms with Crippen LogP contribution in [0.25, 0.3) is 0 Å². The Morgan fingerprint density at radius 3 is 2.89 bits per heavy atom. The summed E-state index contributed by atoms with van der Waals surface area (Å²) in [5.41, 5.74) is 0. The highest BCUT2D eigenvalue weighted by atomic mass is 14.9. The quantitative estimate of drug-likeness (QED) is 0.555. The lowest BCUT2D eigenvalue weighted by Gasteiger charge is -2.03. The minimum absolute atomic E-state index is 0.394. The Balaban J connectivity index is 3.39. The number of hydrogen-bond acceptors (Lipinski definition) is 1. The molecule has 0 aliphatic heterocycles. The van der Waals surface area contributed by atoms with E-state index in [1.54, 1.807) is 6.08 Å². The Labute approximate surface area is 57.2 Å². The second-order valence-electron chi connectivity index (χ2n) is 1.87. The minimum atomic E-state index is 0.394. The van der Waals surface area contributed by atoms with E-state index in [-0.39, 0.29) is 0 Å². The van der Waals surface area contributed by atoms with E-state index < -0.39 is 0 Å². The predicted octanol–water partition coefficient (Wildman–Crippen LogP) is 1.17. The first-order chi connectivity index (χ1) is 4.31. The first-order valence-corrected chi connectivity index (χ1v) is 3.17. The van der Waals surface area contributed by atoms with Crippen molar-refractivity contribution in [3.05, 3.63) is 12.2 Å². The summed E-state index contributed by atoms with van der Waals surface area (Å²) in [6.07, 6.45) is 8.69. The molecule has 50 valence electrons. The van der Waals surface area contributed by atoms with Crippen molar-refractivity contribution in [1.82, 2.24) is 5.32 Å². The zero-order valence-corrected chi connectivity index (χ0v) is 6.02. The Morgan fingerprint density at radius 2 is 2.44 bits per heavy atom. The van der Waals surface area contributed by atoms with Crippen LogP contribution < -0.4 is 5.32 Å². The number of nitrogens with one attached hydrogen (secondary N) is 1. The van der Waals surface area contributed by atoms with Gasteiger partial charge in [0.1, 0.15) is 0 Å². The van der Waals surface area contributed by atoms with Gasteiger partial charge in [-0.15, -0.1) is 6.42 Å². The van der Waals surface area contributed by atoms with Crippen LogP contribution in [0.4, 0.5) is 0 Å². The van der Waals surface area contributed by atoms with E-state index in [9.17, 15) is 0 Å². The lowest BCUT2D eigenvalue weighted by molar-refractivity contribution is 0.661. The molecule has 0 aliphatic carbocycles. The Morgan fingerprint density at radius 1 is 1.78 bits per heavy atom. The van der Waals surface area contributed by atoms with Crippen LogP contribution in [0.1, 0.15) is 13.8 Å². The maximum absolute atomic E-state index is 5.01. The molecule has 0 fully saturated rings. The number of likely N-dealkylation sites (N-methyl/N-ethyl adjacent to an activating group) is 1. The summed E-state index contributed by atoms with van der Waals surface area (Å²) in [5.74, 6) is 2.44. The van der Waals surface area contributed by atoms with Crippen molar-refractivity contribution >= 4 is 0 Å². The standard InChI is InChI=1S/C8H13N/c1-4-6-7-8(3)9-5-2/h1,6-9H,5H2,2-3H3/b7-6+. The number of terminal acetylenes is 1. The third kappa shape index (κ3) is 5.13. The smallest absolute Gasteiger partial charge is 0.0230 e. The van der Waals surface area contributed by atoms with Gasteiger partial charge in [0.05, 0.1) is 0 Å². The second kappa shape index (κ2) is 5.40. The Kier molecular flexibility index (Phi) is 4.95. The van der Waals surface area contributed by atoms with Gasteiger partial charge >= 0.3 is 0 Å². The van der Waals surface area contributed by atoms with E-state index in [1.165, 1.54) is 0 Å². The summed E-state index contributed by atoms with van der Waals surface area (Å²) >= 11 is 0. The van der Waals surface area contributed by atoms with Crippen molar-refractivity contribution in [2.24, 2.45) is 0 Å². The topological polar surface area (TPSA) is 12.0 Å². The fourth-order valence-electron chi connectivity index (χ4n) is 0.590. The van der Waals surface area contributed by atoms with Gasteiger partial charge in [-0.2, -0.15) is 0 Å². The maximum atomic E-state index is 5.01. The minimum Gasteiger partial charge on any atom is -0.311 e. The molecule has 0 saturated carbocycles. The molecule has 0 aromatic rings. The number of hydrogen-bond donors (Lipinski definition) is 1. The van der Waals surface area contributed by atoms with Crippen LogP contribution in [-0.4, -0.2) is 12.6 Å². The molecule has 0 rings (SSSR count). The van der Waals surface area contributed by atoms with Gasteiger partial charge in [-0.05, 0) is 19.5 Å². The van der Waals surface area contributed by atoms with Crippen LogP contribution in [0.2, 0.25) is 0 Å². The van der Waals surface area contributed by atoms with Gasteiger partial charge < -0.3 is 5.32 Å². The van der Waals surface area contributed by atoms with E-state index in [2.05, 4.69) is 25.1 Å². The number of rotatable bonds is 3. The van der Waals surface area contributed by atoms with Crippen LogP contribution in [0.5, 0.6) is 0 Å². The zero-order valence-electron chi connectivity index (χ0n) is 6.02. The summed E-state index contributed by atoms with van der Waals surface area (Å²) in [4.78, 5) is 0. The van der Waals surface area contributed by atoms with Gasteiger partial charge in [-0.25, -0.2) is 0 Å². The Bertz CT molecular complexity index is 119. The van der Waals surface area contributed by atoms with E-state index in [0.29, 0.717) is 6.04 Å². The first-order valence-electron chi connectivity index (χ1n) is 3.17. The van der Waals surface area contributed by atoms with Gasteiger partial charge in [-0.3, -0.25) is 0 Å². The molecule has 9 heavy (non-hydrogen) atoms. The SMILES string of the molecule is C#C/C=C/C(C)NCC. The molecule has 1 heteroatoms. The average molecular weight is 123 g/mol. The lowest BCUT2D eigenvalue weighted by Crippen LogP contribution is -2.22. The van der Waals surface area contributed by atoms with E-state index >= 15 is 0 Å². The van der Waals surface area contributed by atoms with Crippen LogP contribution in [0, 0.1) is 12.3 Å². The third-order valence-electron chi connectivity index (χ3n) is 1.01. The molecule has 0 aliphatic rings. The fraction of sp³-hybridized carbons (Fsp3) is 0.500. The molecule has 0 saturated heterocycles. The molecule has 1 atom stereocenters. The van der Waals surface area contributed by atoms with Crippen molar-refractivity contribution in [3.8, 4) is 12.3 Å². The summed E-state index contributed by atoms with van der Waals surface area (Å²) in [6, 6.07) is 0.394. The molecule has 1 nitrogen and oxygen atoms in total. The highest BCUT2D eigenvalue weighted by molar-refractivity contribution is 5.10. The largest absolute Gasteiger partial charge is 0.311 e. The monoisotopic (exact) mass is 123 g/mol. The van der Waals surface area contributed by atoms with E-state index in [4.69, 9.17) is 6.42 Å². The van der Waals surface area contributed by atoms with Crippen LogP contribution in [-0.2, 0) is 0 Å². The summed E-state index contributed by atoms with van der Waals surface area (Å²) in [6.45, 7) is 5.12. The predicted molar refractivity (Wildman–Crippen MR) is 41.1 cm³/mol. The average Bonchev–Trinajstić information content (AvgIpc) is 1.85. The van der Waals surface area contributed by atoms with Crippen molar-refractivity contribution in [1.29, 1.82) is 0 Å². The summed E-state index contributed by atoms with van der Waals surface area (Å²) in [7, 11) is 0.